The number of amides is 1. The van der Waals surface area contributed by atoms with Gasteiger partial charge in [0, 0.05) is 47.9 Å². The lowest BCUT2D eigenvalue weighted by atomic mass is 9.88. The van der Waals surface area contributed by atoms with Gasteiger partial charge in [-0.1, -0.05) is 19.8 Å². The molecule has 0 spiro atoms. The Morgan fingerprint density at radius 1 is 1.06 bits per heavy atom. The standard InChI is InChI=1S/C36H34F6N4O4/c1-6-22-15-26(38)33(34(39)32(22)31-20(4)13-24(37)14-21(31)5)27(17-30(48)49)44-35(50)28(12-19(2)3)46-18-23(8-11-45-10-7-9-43-45)25(16-29(46)47)36(40,41)42/h1,7,9-10,13-16,18-19,27-28H,8,11-12,17H2,2-5H3,(H,44,50)(H,48,49)/t27-,28-/m1/s1. The van der Waals surface area contributed by atoms with E-state index in [9.17, 15) is 37.1 Å². The number of nitrogens with one attached hydrogen (secondary N) is 1. The molecular weight excluding hydrogens is 666 g/mol. The summed E-state index contributed by atoms with van der Waals surface area (Å²) in [5.41, 5.74) is -3.48. The van der Waals surface area contributed by atoms with Gasteiger partial charge in [0.15, 0.2) is 0 Å². The molecule has 4 aromatic rings. The number of carbonyl (C=O) groups is 2. The molecule has 4 rings (SSSR count). The van der Waals surface area contributed by atoms with Crippen LogP contribution in [0.4, 0.5) is 26.3 Å². The number of terminal acetylenes is 1. The number of halogens is 6. The largest absolute Gasteiger partial charge is 0.481 e. The predicted octanol–water partition coefficient (Wildman–Crippen LogP) is 6.91. The lowest BCUT2D eigenvalue weighted by Crippen LogP contribution is -2.41. The minimum absolute atomic E-state index is 0.0115. The summed E-state index contributed by atoms with van der Waals surface area (Å²) in [4.78, 5) is 39.2. The summed E-state index contributed by atoms with van der Waals surface area (Å²) < 4.78 is 90.7. The van der Waals surface area contributed by atoms with E-state index in [1.165, 1.54) is 24.7 Å². The van der Waals surface area contributed by atoms with Crippen LogP contribution in [0.5, 0.6) is 0 Å². The van der Waals surface area contributed by atoms with Crippen molar-refractivity contribution in [3.63, 3.8) is 0 Å². The molecule has 264 valence electrons. The summed E-state index contributed by atoms with van der Waals surface area (Å²) in [6, 6.07) is 1.61. The zero-order valence-electron chi connectivity index (χ0n) is 27.5. The van der Waals surface area contributed by atoms with E-state index in [-0.39, 0.29) is 58.7 Å². The first-order valence-electron chi connectivity index (χ1n) is 15.5. The van der Waals surface area contributed by atoms with E-state index in [0.717, 1.165) is 29.0 Å². The van der Waals surface area contributed by atoms with Gasteiger partial charge in [-0.15, -0.1) is 6.42 Å². The van der Waals surface area contributed by atoms with Gasteiger partial charge in [0.25, 0.3) is 5.56 Å². The Kier molecular flexibility index (Phi) is 11.3. The Bertz CT molecular complexity index is 1990. The van der Waals surface area contributed by atoms with E-state index < -0.39 is 70.7 Å². The van der Waals surface area contributed by atoms with Gasteiger partial charge in [0.2, 0.25) is 5.91 Å². The number of aliphatic carboxylic acids is 1. The first-order chi connectivity index (χ1) is 23.4. The van der Waals surface area contributed by atoms with Crippen molar-refractivity contribution < 1.29 is 41.0 Å². The monoisotopic (exact) mass is 700 g/mol. The van der Waals surface area contributed by atoms with E-state index in [0.29, 0.717) is 6.07 Å². The number of carboxylic acid groups (broad SMARTS) is 1. The number of hydrogen-bond donors (Lipinski definition) is 2. The Hall–Kier alpha value is -5.32. The highest BCUT2D eigenvalue weighted by Crippen LogP contribution is 2.38. The Morgan fingerprint density at radius 2 is 1.72 bits per heavy atom. The Balaban J connectivity index is 1.85. The van der Waals surface area contributed by atoms with Crippen molar-refractivity contribution in [2.45, 2.75) is 71.8 Å². The molecule has 0 aliphatic rings. The van der Waals surface area contributed by atoms with Crippen molar-refractivity contribution in [3.8, 4) is 23.5 Å². The molecule has 0 unspecified atom stereocenters. The number of carboxylic acids is 1. The van der Waals surface area contributed by atoms with Crippen LogP contribution in [0, 0.1) is 49.6 Å². The van der Waals surface area contributed by atoms with Crippen molar-refractivity contribution in [2.24, 2.45) is 5.92 Å². The van der Waals surface area contributed by atoms with Crippen LogP contribution >= 0.6 is 0 Å². The Morgan fingerprint density at radius 3 is 2.26 bits per heavy atom. The number of nitrogens with zero attached hydrogens (tertiary/aromatic N) is 3. The average molecular weight is 701 g/mol. The van der Waals surface area contributed by atoms with Crippen molar-refractivity contribution >= 4 is 11.9 Å². The quantitative estimate of drug-likeness (QED) is 0.124. The van der Waals surface area contributed by atoms with Crippen molar-refractivity contribution in [3.05, 3.63) is 110 Å². The SMILES string of the molecule is C#Cc1cc(F)c([C@@H](CC(=O)O)NC(=O)[C@@H](CC(C)C)n2cc(CCn3cccn3)c(C(F)(F)F)cc2=O)c(F)c1-c1c(C)cc(F)cc1C. The third-order valence-corrected chi connectivity index (χ3v) is 8.17. The number of rotatable bonds is 12. The maximum Gasteiger partial charge on any atom is 0.416 e. The first-order valence-corrected chi connectivity index (χ1v) is 15.5. The maximum atomic E-state index is 16.5. The van der Waals surface area contributed by atoms with Gasteiger partial charge in [0.05, 0.1) is 18.0 Å². The molecule has 2 aromatic heterocycles. The molecule has 2 heterocycles. The fourth-order valence-electron chi connectivity index (χ4n) is 6.04. The zero-order valence-corrected chi connectivity index (χ0v) is 27.5. The van der Waals surface area contributed by atoms with Crippen LogP contribution in [0.25, 0.3) is 11.1 Å². The summed E-state index contributed by atoms with van der Waals surface area (Å²) in [5.74, 6) is -3.95. The van der Waals surface area contributed by atoms with Crippen LogP contribution in [0.15, 0.2) is 53.7 Å². The highest BCUT2D eigenvalue weighted by Gasteiger charge is 2.36. The van der Waals surface area contributed by atoms with Gasteiger partial charge in [-0.05, 0) is 79.1 Å². The van der Waals surface area contributed by atoms with Gasteiger partial charge in [0.1, 0.15) is 23.5 Å². The third-order valence-electron chi connectivity index (χ3n) is 8.17. The third kappa shape index (κ3) is 8.27. The van der Waals surface area contributed by atoms with Gasteiger partial charge in [-0.3, -0.25) is 19.1 Å². The molecule has 14 heteroatoms. The smallest absolute Gasteiger partial charge is 0.416 e. The molecule has 50 heavy (non-hydrogen) atoms. The zero-order chi connectivity index (χ0) is 37.1. The minimum atomic E-state index is -4.90. The molecule has 0 fully saturated rings. The van der Waals surface area contributed by atoms with E-state index in [1.54, 1.807) is 26.1 Å². The number of aromatic nitrogens is 3. The van der Waals surface area contributed by atoms with E-state index in [1.807, 2.05) is 0 Å². The summed E-state index contributed by atoms with van der Waals surface area (Å²) >= 11 is 0. The van der Waals surface area contributed by atoms with Crippen LogP contribution in [0.3, 0.4) is 0 Å². The average Bonchev–Trinajstić information content (AvgIpc) is 3.52. The van der Waals surface area contributed by atoms with Crippen molar-refractivity contribution in [2.75, 3.05) is 0 Å². The number of pyridine rings is 1. The normalized spacial score (nSPS) is 12.8. The van der Waals surface area contributed by atoms with Crippen LogP contribution in [0.2, 0.25) is 0 Å². The highest BCUT2D eigenvalue weighted by molar-refractivity contribution is 5.82. The Labute approximate surface area is 283 Å². The van der Waals surface area contributed by atoms with E-state index >= 15 is 8.78 Å². The summed E-state index contributed by atoms with van der Waals surface area (Å²) in [6.45, 7) is 6.33. The maximum absolute atomic E-state index is 16.5. The minimum Gasteiger partial charge on any atom is -0.481 e. The second-order valence-electron chi connectivity index (χ2n) is 12.3. The second-order valence-corrected chi connectivity index (χ2v) is 12.3. The van der Waals surface area contributed by atoms with Gasteiger partial charge in [-0.2, -0.15) is 18.3 Å². The molecule has 2 atom stereocenters. The van der Waals surface area contributed by atoms with Crippen LogP contribution in [-0.2, 0) is 28.7 Å². The summed E-state index contributed by atoms with van der Waals surface area (Å²) in [5, 5.41) is 16.1. The van der Waals surface area contributed by atoms with E-state index in [4.69, 9.17) is 6.42 Å². The van der Waals surface area contributed by atoms with Crippen molar-refractivity contribution in [1.82, 2.24) is 19.7 Å². The van der Waals surface area contributed by atoms with E-state index in [2.05, 4.69) is 16.3 Å². The molecular formula is C36H34F6N4O4. The topological polar surface area (TPSA) is 106 Å². The number of hydrogen-bond acceptors (Lipinski definition) is 4. The molecule has 0 aliphatic carbocycles. The number of carbonyl (C=O) groups excluding carboxylic acids is 1. The van der Waals surface area contributed by atoms with Crippen molar-refractivity contribution in [1.29, 1.82) is 0 Å². The summed E-state index contributed by atoms with van der Waals surface area (Å²) in [7, 11) is 0. The highest BCUT2D eigenvalue weighted by atomic mass is 19.4. The molecule has 2 N–H and O–H groups in total. The molecule has 0 radical (unpaired) electrons. The molecule has 0 saturated heterocycles. The van der Waals surface area contributed by atoms with Gasteiger partial charge >= 0.3 is 12.1 Å². The molecule has 2 aromatic carbocycles. The van der Waals surface area contributed by atoms with Crippen LogP contribution in [-0.4, -0.2) is 31.3 Å². The van der Waals surface area contributed by atoms with Crippen LogP contribution < -0.4 is 10.9 Å². The lowest BCUT2D eigenvalue weighted by Gasteiger charge is -2.27. The predicted molar refractivity (Wildman–Crippen MR) is 172 cm³/mol. The van der Waals surface area contributed by atoms with Gasteiger partial charge in [-0.25, -0.2) is 13.2 Å². The lowest BCUT2D eigenvalue weighted by molar-refractivity contribution is -0.139. The molecule has 0 bridgehead atoms. The molecule has 8 nitrogen and oxygen atoms in total. The summed E-state index contributed by atoms with van der Waals surface area (Å²) in [6.07, 6.45) is 3.22. The number of benzene rings is 2. The second kappa shape index (κ2) is 15.1. The molecule has 0 aliphatic heterocycles. The fraction of sp³-hybridized carbons (Fsp3) is 0.333. The molecule has 0 saturated carbocycles. The van der Waals surface area contributed by atoms with Crippen LogP contribution in [0.1, 0.15) is 72.2 Å². The fourth-order valence-corrected chi connectivity index (χ4v) is 6.04. The van der Waals surface area contributed by atoms with Gasteiger partial charge < -0.3 is 15.0 Å². The number of alkyl halides is 3. The number of aryl methyl sites for hydroxylation is 4. The molecule has 1 amide bonds. The first kappa shape index (κ1) is 37.5.